The first-order valence-corrected chi connectivity index (χ1v) is 4.28. The third kappa shape index (κ3) is 1.20. The largest absolute Gasteiger partial charge is 0.356 e. The average molecular weight is 178 g/mol. The van der Waals surface area contributed by atoms with E-state index in [9.17, 15) is 4.79 Å². The summed E-state index contributed by atoms with van der Waals surface area (Å²) >= 11 is 0. The molecule has 1 saturated heterocycles. The van der Waals surface area contributed by atoms with Gasteiger partial charge in [0, 0.05) is 13.1 Å². The molecule has 0 aliphatic carbocycles. The molecular weight excluding hydrogens is 168 g/mol. The zero-order valence-corrected chi connectivity index (χ0v) is 7.13. The fourth-order valence-electron chi connectivity index (χ4n) is 1.63. The number of nitrogens with one attached hydrogen (secondary N) is 2. The van der Waals surface area contributed by atoms with Crippen molar-refractivity contribution in [2.75, 3.05) is 18.0 Å². The molecule has 0 unspecified atom stereocenters. The first-order valence-electron chi connectivity index (χ1n) is 4.28. The third-order valence-corrected chi connectivity index (χ3v) is 2.29. The lowest BCUT2D eigenvalue weighted by molar-refractivity contribution is 0.917. The van der Waals surface area contributed by atoms with E-state index in [4.69, 9.17) is 5.26 Å². The van der Waals surface area contributed by atoms with Crippen LogP contribution in [0.5, 0.6) is 0 Å². The third-order valence-electron chi connectivity index (χ3n) is 2.29. The van der Waals surface area contributed by atoms with Crippen LogP contribution in [0.4, 0.5) is 5.82 Å². The Morgan fingerprint density at radius 3 is 2.62 bits per heavy atom. The second-order valence-corrected chi connectivity index (χ2v) is 3.11. The first-order chi connectivity index (χ1) is 6.33. The van der Waals surface area contributed by atoms with Gasteiger partial charge in [-0.15, -0.1) is 0 Å². The molecule has 0 spiro atoms. The molecule has 1 fully saturated rings. The van der Waals surface area contributed by atoms with Crippen molar-refractivity contribution in [3.8, 4) is 6.07 Å². The van der Waals surface area contributed by atoms with Crippen molar-refractivity contribution < 1.29 is 0 Å². The molecular formula is C8H10N4O. The second-order valence-electron chi connectivity index (χ2n) is 3.11. The van der Waals surface area contributed by atoms with E-state index in [1.54, 1.807) is 0 Å². The molecule has 1 aliphatic heterocycles. The highest BCUT2D eigenvalue weighted by Gasteiger charge is 2.19. The molecule has 2 heterocycles. The van der Waals surface area contributed by atoms with Gasteiger partial charge in [0.25, 0.3) is 5.56 Å². The maximum atomic E-state index is 11.1. The fraction of sp³-hybridized carbons (Fsp3) is 0.500. The highest BCUT2D eigenvalue weighted by atomic mass is 16.1. The number of hydrogen-bond acceptors (Lipinski definition) is 3. The van der Waals surface area contributed by atoms with E-state index in [1.807, 2.05) is 11.0 Å². The summed E-state index contributed by atoms with van der Waals surface area (Å²) in [6.45, 7) is 1.84. The molecule has 0 bridgehead atoms. The van der Waals surface area contributed by atoms with E-state index in [2.05, 4.69) is 10.2 Å². The van der Waals surface area contributed by atoms with Crippen LogP contribution >= 0.6 is 0 Å². The monoisotopic (exact) mass is 178 g/mol. The number of anilines is 1. The molecule has 0 atom stereocenters. The molecule has 0 radical (unpaired) electrons. The average Bonchev–Trinajstić information content (AvgIpc) is 2.71. The number of nitriles is 1. The molecule has 5 heteroatoms. The molecule has 68 valence electrons. The zero-order chi connectivity index (χ0) is 9.26. The van der Waals surface area contributed by atoms with E-state index >= 15 is 0 Å². The molecule has 2 N–H and O–H groups in total. The summed E-state index contributed by atoms with van der Waals surface area (Å²) < 4.78 is 0. The molecule has 0 saturated carbocycles. The fourth-order valence-corrected chi connectivity index (χ4v) is 1.63. The Kier molecular flexibility index (Phi) is 1.81. The predicted molar refractivity (Wildman–Crippen MR) is 47.6 cm³/mol. The van der Waals surface area contributed by atoms with Crippen molar-refractivity contribution in [3.63, 3.8) is 0 Å². The Labute approximate surface area is 75.0 Å². The van der Waals surface area contributed by atoms with Crippen molar-refractivity contribution in [2.45, 2.75) is 12.8 Å². The first kappa shape index (κ1) is 7.92. The Bertz CT molecular complexity index is 391. The van der Waals surface area contributed by atoms with Crippen LogP contribution in [0.15, 0.2) is 4.79 Å². The van der Waals surface area contributed by atoms with Crippen LogP contribution < -0.4 is 10.5 Å². The maximum Gasteiger partial charge on any atom is 0.284 e. The van der Waals surface area contributed by atoms with Gasteiger partial charge in [-0.1, -0.05) is 0 Å². The van der Waals surface area contributed by atoms with Crippen LogP contribution in [-0.4, -0.2) is 23.3 Å². The van der Waals surface area contributed by atoms with Crippen molar-refractivity contribution in [2.24, 2.45) is 0 Å². The van der Waals surface area contributed by atoms with Gasteiger partial charge in [-0.2, -0.15) is 5.26 Å². The lowest BCUT2D eigenvalue weighted by atomic mass is 10.3. The molecule has 1 aromatic heterocycles. The summed E-state index contributed by atoms with van der Waals surface area (Å²) in [4.78, 5) is 13.1. The van der Waals surface area contributed by atoms with Gasteiger partial charge in [0.2, 0.25) is 0 Å². The van der Waals surface area contributed by atoms with Crippen LogP contribution in [0, 0.1) is 11.3 Å². The smallest absolute Gasteiger partial charge is 0.284 e. The van der Waals surface area contributed by atoms with Gasteiger partial charge in [-0.25, -0.2) is 0 Å². The maximum absolute atomic E-state index is 11.1. The predicted octanol–water partition coefficient (Wildman–Crippen LogP) is 0.175. The van der Waals surface area contributed by atoms with E-state index in [-0.39, 0.29) is 11.1 Å². The topological polar surface area (TPSA) is 75.7 Å². The Morgan fingerprint density at radius 1 is 1.31 bits per heavy atom. The van der Waals surface area contributed by atoms with E-state index < -0.39 is 0 Å². The zero-order valence-electron chi connectivity index (χ0n) is 7.13. The molecule has 0 aromatic carbocycles. The van der Waals surface area contributed by atoms with E-state index in [1.165, 1.54) is 0 Å². The molecule has 0 amide bonds. The summed E-state index contributed by atoms with van der Waals surface area (Å²) in [6, 6.07) is 1.90. The van der Waals surface area contributed by atoms with Crippen LogP contribution in [-0.2, 0) is 0 Å². The highest BCUT2D eigenvalue weighted by Crippen LogP contribution is 2.18. The molecule has 1 aromatic rings. The minimum atomic E-state index is -0.329. The van der Waals surface area contributed by atoms with Gasteiger partial charge in [0.15, 0.2) is 5.56 Å². The number of H-pyrrole nitrogens is 2. The number of aromatic nitrogens is 2. The minimum absolute atomic E-state index is 0.196. The van der Waals surface area contributed by atoms with Gasteiger partial charge >= 0.3 is 0 Å². The lowest BCUT2D eigenvalue weighted by Crippen LogP contribution is -2.19. The quantitative estimate of drug-likeness (QED) is 0.643. The van der Waals surface area contributed by atoms with Crippen molar-refractivity contribution >= 4 is 5.82 Å². The second kappa shape index (κ2) is 2.98. The summed E-state index contributed by atoms with van der Waals surface area (Å²) in [5.74, 6) is 0.644. The molecule has 5 nitrogen and oxygen atoms in total. The van der Waals surface area contributed by atoms with Crippen LogP contribution in [0.1, 0.15) is 18.4 Å². The summed E-state index contributed by atoms with van der Waals surface area (Å²) in [5, 5.41) is 13.9. The number of hydrogen-bond donors (Lipinski definition) is 2. The standard InChI is InChI=1S/C8H10N4O/c9-5-6-7(10-11-8(6)13)12-3-1-2-4-12/h1-4H2,(H2,10,11,13). The van der Waals surface area contributed by atoms with Crippen LogP contribution in [0.3, 0.4) is 0 Å². The Hall–Kier alpha value is -1.70. The summed E-state index contributed by atoms with van der Waals surface area (Å²) in [5.41, 5.74) is -0.133. The number of nitrogens with zero attached hydrogens (tertiary/aromatic N) is 2. The number of aromatic amines is 2. The normalized spacial score (nSPS) is 16.1. The van der Waals surface area contributed by atoms with E-state index in [0.29, 0.717) is 5.82 Å². The van der Waals surface area contributed by atoms with Crippen molar-refractivity contribution in [3.05, 3.63) is 15.9 Å². The molecule has 1 aliphatic rings. The molecule has 13 heavy (non-hydrogen) atoms. The summed E-state index contributed by atoms with van der Waals surface area (Å²) in [6.07, 6.45) is 2.25. The lowest BCUT2D eigenvalue weighted by Gasteiger charge is -2.14. The van der Waals surface area contributed by atoms with Gasteiger partial charge in [-0.3, -0.25) is 15.0 Å². The van der Waals surface area contributed by atoms with Crippen molar-refractivity contribution in [1.29, 1.82) is 5.26 Å². The SMILES string of the molecule is N#Cc1c(N2CCCC2)[nH][nH]c1=O. The van der Waals surface area contributed by atoms with Crippen molar-refractivity contribution in [1.82, 2.24) is 10.2 Å². The van der Waals surface area contributed by atoms with Gasteiger partial charge in [0.05, 0.1) is 0 Å². The number of rotatable bonds is 1. The minimum Gasteiger partial charge on any atom is -0.356 e. The summed E-state index contributed by atoms with van der Waals surface area (Å²) in [7, 11) is 0. The van der Waals surface area contributed by atoms with Gasteiger partial charge in [-0.05, 0) is 12.8 Å². The Balaban J connectivity index is 2.40. The molecule has 2 rings (SSSR count). The van der Waals surface area contributed by atoms with Crippen LogP contribution in [0.25, 0.3) is 0 Å². The van der Waals surface area contributed by atoms with Gasteiger partial charge in [0.1, 0.15) is 11.9 Å². The van der Waals surface area contributed by atoms with Gasteiger partial charge < -0.3 is 4.90 Å². The van der Waals surface area contributed by atoms with Crippen LogP contribution in [0.2, 0.25) is 0 Å². The Morgan fingerprint density at radius 2 is 2.00 bits per heavy atom. The van der Waals surface area contributed by atoms with E-state index in [0.717, 1.165) is 25.9 Å². The highest BCUT2D eigenvalue weighted by molar-refractivity contribution is 5.52.